The summed E-state index contributed by atoms with van der Waals surface area (Å²) in [7, 11) is 0. The maximum atomic E-state index is 13.0. The number of ether oxygens (including phenoxy) is 2. The quantitative estimate of drug-likeness (QED) is 0.350. The number of amides is 1. The number of piperidine rings is 1. The first-order valence-electron chi connectivity index (χ1n) is 12.7. The van der Waals surface area contributed by atoms with Crippen molar-refractivity contribution in [2.24, 2.45) is 5.92 Å². The van der Waals surface area contributed by atoms with Crippen molar-refractivity contribution in [2.75, 3.05) is 25.4 Å². The molecule has 4 heterocycles. The number of hydrogen-bond donors (Lipinski definition) is 4. The summed E-state index contributed by atoms with van der Waals surface area (Å²) in [5.74, 6) is 1.11. The molecule has 204 valence electrons. The standard InChI is InChI=1S/C25H31FN6O6/c26-15-4-6-16(7-5-15)37-25(36)31-10-8-14(9-11-31)2-1-3-18-29-22(27)19-23(30-18)32(13-28-19)24-21(35)20(34)17(12-33)38-24/h4-7,13-14,17,20-21,24,33-35H,1-3,8-12H2,(H2,27,29,30)/t17-,20-,21-,24-/m1/s1. The van der Waals surface area contributed by atoms with Crippen molar-refractivity contribution < 1.29 is 34.0 Å². The van der Waals surface area contributed by atoms with Crippen molar-refractivity contribution in [3.8, 4) is 5.75 Å². The molecule has 0 aliphatic carbocycles. The second-order valence-corrected chi connectivity index (χ2v) is 9.72. The Labute approximate surface area is 217 Å². The first-order chi connectivity index (χ1) is 18.3. The highest BCUT2D eigenvalue weighted by atomic mass is 19.1. The summed E-state index contributed by atoms with van der Waals surface area (Å²) in [6.07, 6.45) is 0.628. The van der Waals surface area contributed by atoms with Crippen molar-refractivity contribution >= 4 is 23.1 Å². The summed E-state index contributed by atoms with van der Waals surface area (Å²) >= 11 is 0. The maximum absolute atomic E-state index is 13.0. The smallest absolute Gasteiger partial charge is 0.410 e. The Balaban J connectivity index is 1.14. The molecule has 2 aliphatic rings. The highest BCUT2D eigenvalue weighted by Crippen LogP contribution is 2.32. The van der Waals surface area contributed by atoms with Crippen LogP contribution in [0.4, 0.5) is 15.0 Å². The van der Waals surface area contributed by atoms with Crippen molar-refractivity contribution in [1.82, 2.24) is 24.4 Å². The summed E-state index contributed by atoms with van der Waals surface area (Å²) in [5.41, 5.74) is 6.87. The number of nitrogens with zero attached hydrogens (tertiary/aromatic N) is 5. The molecule has 13 heteroatoms. The number of carbonyl (C=O) groups is 1. The van der Waals surface area contributed by atoms with E-state index in [9.17, 15) is 24.5 Å². The fourth-order valence-corrected chi connectivity index (χ4v) is 5.01. The molecule has 2 fully saturated rings. The van der Waals surface area contributed by atoms with E-state index in [2.05, 4.69) is 15.0 Å². The Morgan fingerprint density at radius 2 is 1.89 bits per heavy atom. The molecule has 2 aromatic heterocycles. The van der Waals surface area contributed by atoms with Crippen LogP contribution >= 0.6 is 0 Å². The maximum Gasteiger partial charge on any atom is 0.415 e. The molecule has 2 saturated heterocycles. The number of benzene rings is 1. The van der Waals surface area contributed by atoms with Crippen LogP contribution in [0.2, 0.25) is 0 Å². The lowest BCUT2D eigenvalue weighted by Gasteiger charge is -2.31. The van der Waals surface area contributed by atoms with Gasteiger partial charge in [0, 0.05) is 19.5 Å². The molecule has 1 aromatic carbocycles. The first-order valence-corrected chi connectivity index (χ1v) is 12.7. The van der Waals surface area contributed by atoms with E-state index in [1.54, 1.807) is 4.90 Å². The highest BCUT2D eigenvalue weighted by molar-refractivity contribution is 5.81. The number of aryl methyl sites for hydroxylation is 1. The van der Waals surface area contributed by atoms with Gasteiger partial charge in [0.1, 0.15) is 41.2 Å². The second kappa shape index (κ2) is 11.2. The molecule has 0 radical (unpaired) electrons. The number of rotatable bonds is 7. The van der Waals surface area contributed by atoms with Crippen LogP contribution in [0.25, 0.3) is 11.2 Å². The monoisotopic (exact) mass is 530 g/mol. The summed E-state index contributed by atoms with van der Waals surface area (Å²) in [6.45, 7) is 0.742. The predicted molar refractivity (Wildman–Crippen MR) is 132 cm³/mol. The minimum atomic E-state index is -1.26. The number of halogens is 1. The number of hydrogen-bond acceptors (Lipinski definition) is 10. The number of aromatic nitrogens is 4. The van der Waals surface area contributed by atoms with Crippen LogP contribution < -0.4 is 10.5 Å². The first kappa shape index (κ1) is 26.2. The minimum Gasteiger partial charge on any atom is -0.410 e. The summed E-state index contributed by atoms with van der Waals surface area (Å²) in [4.78, 5) is 27.3. The van der Waals surface area contributed by atoms with E-state index in [0.717, 1.165) is 25.7 Å². The highest BCUT2D eigenvalue weighted by Gasteiger charge is 2.44. The average molecular weight is 531 g/mol. The topological polar surface area (TPSA) is 169 Å². The SMILES string of the molecule is Nc1nc(CCCC2CCN(C(=O)Oc3ccc(F)cc3)CC2)nc2c1ncn2[C@@H]1O[C@H](CO)[C@@H](O)[C@H]1O. The van der Waals surface area contributed by atoms with Crippen LogP contribution in [0.3, 0.4) is 0 Å². The molecular formula is C25H31FN6O6. The molecule has 0 spiro atoms. The number of aliphatic hydroxyl groups is 3. The number of imidazole rings is 1. The minimum absolute atomic E-state index is 0.212. The third-order valence-electron chi connectivity index (χ3n) is 7.19. The zero-order chi connectivity index (χ0) is 26.8. The Hall–Kier alpha value is -3.39. The number of likely N-dealkylation sites (tertiary alicyclic amines) is 1. The molecular weight excluding hydrogens is 499 g/mol. The number of fused-ring (bicyclic) bond motifs is 1. The van der Waals surface area contributed by atoms with E-state index in [1.807, 2.05) is 0 Å². The molecule has 0 saturated carbocycles. The normalized spacial score (nSPS) is 24.3. The van der Waals surface area contributed by atoms with Crippen molar-refractivity contribution in [3.63, 3.8) is 0 Å². The van der Waals surface area contributed by atoms with Crippen LogP contribution in [-0.4, -0.2) is 83.8 Å². The zero-order valence-electron chi connectivity index (χ0n) is 20.7. The van der Waals surface area contributed by atoms with E-state index in [1.165, 1.54) is 35.2 Å². The number of carbonyl (C=O) groups excluding carboxylic acids is 1. The van der Waals surface area contributed by atoms with Crippen LogP contribution in [0.5, 0.6) is 5.75 Å². The van der Waals surface area contributed by atoms with Crippen LogP contribution in [0.15, 0.2) is 30.6 Å². The number of nitrogens with two attached hydrogens (primary N) is 1. The van der Waals surface area contributed by atoms with Crippen LogP contribution in [-0.2, 0) is 11.2 Å². The lowest BCUT2D eigenvalue weighted by Crippen LogP contribution is -2.40. The zero-order valence-corrected chi connectivity index (χ0v) is 20.7. The van der Waals surface area contributed by atoms with Gasteiger partial charge >= 0.3 is 6.09 Å². The molecule has 1 amide bonds. The Morgan fingerprint density at radius 1 is 1.16 bits per heavy atom. The Kier molecular flexibility index (Phi) is 7.70. The van der Waals surface area contributed by atoms with E-state index in [0.29, 0.717) is 48.2 Å². The van der Waals surface area contributed by atoms with Crippen LogP contribution in [0.1, 0.15) is 37.7 Å². The molecule has 0 unspecified atom stereocenters. The Morgan fingerprint density at radius 3 is 2.58 bits per heavy atom. The van der Waals surface area contributed by atoms with Gasteiger partial charge in [-0.1, -0.05) is 0 Å². The third kappa shape index (κ3) is 5.41. The summed E-state index contributed by atoms with van der Waals surface area (Å²) in [5, 5.41) is 29.9. The lowest BCUT2D eigenvalue weighted by molar-refractivity contribution is -0.0511. The van der Waals surface area contributed by atoms with Crippen molar-refractivity contribution in [2.45, 2.75) is 56.6 Å². The molecule has 5 N–H and O–H groups in total. The molecule has 4 atom stereocenters. The molecule has 2 aliphatic heterocycles. The number of aliphatic hydroxyl groups excluding tert-OH is 3. The van der Waals surface area contributed by atoms with E-state index in [4.69, 9.17) is 15.2 Å². The third-order valence-corrected chi connectivity index (χ3v) is 7.19. The van der Waals surface area contributed by atoms with Crippen LogP contribution in [0, 0.1) is 11.7 Å². The van der Waals surface area contributed by atoms with Gasteiger partial charge in [-0.2, -0.15) is 0 Å². The summed E-state index contributed by atoms with van der Waals surface area (Å²) in [6, 6.07) is 5.36. The van der Waals surface area contributed by atoms with E-state index in [-0.39, 0.29) is 11.6 Å². The van der Waals surface area contributed by atoms with Gasteiger partial charge in [0.25, 0.3) is 0 Å². The largest absolute Gasteiger partial charge is 0.415 e. The van der Waals surface area contributed by atoms with Gasteiger partial charge in [0.15, 0.2) is 17.7 Å². The summed E-state index contributed by atoms with van der Waals surface area (Å²) < 4.78 is 25.5. The van der Waals surface area contributed by atoms with Crippen molar-refractivity contribution in [1.29, 1.82) is 0 Å². The molecule has 5 rings (SSSR count). The molecule has 3 aromatic rings. The fourth-order valence-electron chi connectivity index (χ4n) is 5.01. The fraction of sp³-hybridized carbons (Fsp3) is 0.520. The molecule has 0 bridgehead atoms. The van der Waals surface area contributed by atoms with Gasteiger partial charge in [-0.25, -0.2) is 24.1 Å². The Bertz CT molecular complexity index is 1270. The van der Waals surface area contributed by atoms with Gasteiger partial charge in [0.05, 0.1) is 12.9 Å². The lowest BCUT2D eigenvalue weighted by atomic mass is 9.91. The van der Waals surface area contributed by atoms with Crippen molar-refractivity contribution in [3.05, 3.63) is 42.2 Å². The van der Waals surface area contributed by atoms with Gasteiger partial charge in [-0.15, -0.1) is 0 Å². The predicted octanol–water partition coefficient (Wildman–Crippen LogP) is 1.39. The molecule has 38 heavy (non-hydrogen) atoms. The number of nitrogen functional groups attached to an aromatic ring is 1. The molecule has 12 nitrogen and oxygen atoms in total. The van der Waals surface area contributed by atoms with Gasteiger partial charge in [0.2, 0.25) is 0 Å². The average Bonchev–Trinajstić information content (AvgIpc) is 3.46. The second-order valence-electron chi connectivity index (χ2n) is 9.72. The van der Waals surface area contributed by atoms with E-state index >= 15 is 0 Å². The van der Waals surface area contributed by atoms with Gasteiger partial charge in [-0.3, -0.25) is 4.57 Å². The van der Waals surface area contributed by atoms with Gasteiger partial charge in [-0.05, 0) is 55.9 Å². The van der Waals surface area contributed by atoms with Gasteiger partial charge < -0.3 is 35.4 Å². The number of anilines is 1. The van der Waals surface area contributed by atoms with E-state index < -0.39 is 37.2 Å².